The summed E-state index contributed by atoms with van der Waals surface area (Å²) in [5.74, 6) is 0.476. The molecule has 0 unspecified atom stereocenters. The van der Waals surface area contributed by atoms with Crippen LogP contribution in [0.25, 0.3) is 5.65 Å². The minimum absolute atomic E-state index is 0.113. The van der Waals surface area contributed by atoms with E-state index in [4.69, 9.17) is 0 Å². The molecule has 3 aromatic rings. The van der Waals surface area contributed by atoms with E-state index in [1.54, 1.807) is 0 Å². The highest BCUT2D eigenvalue weighted by Crippen LogP contribution is 2.15. The first kappa shape index (κ1) is 18.9. The Hall–Kier alpha value is -2.88. The fraction of sp³-hybridized carbons (Fsp3) is 0.412. The molecule has 0 fully saturated rings. The third-order valence-electron chi connectivity index (χ3n) is 3.88. The van der Waals surface area contributed by atoms with Crippen LogP contribution in [-0.4, -0.2) is 43.2 Å². The van der Waals surface area contributed by atoms with E-state index in [9.17, 15) is 9.59 Å². The van der Waals surface area contributed by atoms with E-state index < -0.39 is 0 Å². The van der Waals surface area contributed by atoms with Gasteiger partial charge in [-0.2, -0.15) is 0 Å². The van der Waals surface area contributed by atoms with Gasteiger partial charge in [0.1, 0.15) is 10.8 Å². The number of aryl methyl sites for hydroxylation is 2. The molecule has 0 aliphatic carbocycles. The van der Waals surface area contributed by atoms with Crippen molar-refractivity contribution in [2.75, 3.05) is 11.9 Å². The average Bonchev–Trinajstić information content (AvgIpc) is 3.30. The van der Waals surface area contributed by atoms with Gasteiger partial charge in [0.2, 0.25) is 16.9 Å². The van der Waals surface area contributed by atoms with E-state index in [0.29, 0.717) is 18.1 Å². The lowest BCUT2D eigenvalue weighted by Crippen LogP contribution is -2.26. The van der Waals surface area contributed by atoms with Crippen molar-refractivity contribution >= 4 is 33.9 Å². The van der Waals surface area contributed by atoms with Gasteiger partial charge < -0.3 is 10.6 Å². The lowest BCUT2D eigenvalue weighted by atomic mass is 10.2. The molecule has 0 atom stereocenters. The highest BCUT2D eigenvalue weighted by atomic mass is 32.1. The van der Waals surface area contributed by atoms with Crippen LogP contribution >= 0.6 is 11.3 Å². The van der Waals surface area contributed by atoms with E-state index in [0.717, 1.165) is 29.3 Å². The Labute approximate surface area is 160 Å². The lowest BCUT2D eigenvalue weighted by Gasteiger charge is -2.05. The molecule has 27 heavy (non-hydrogen) atoms. The second-order valence-corrected chi connectivity index (χ2v) is 6.96. The summed E-state index contributed by atoms with van der Waals surface area (Å²) in [5.41, 5.74) is 0.809. The molecule has 0 aromatic carbocycles. The van der Waals surface area contributed by atoms with Crippen molar-refractivity contribution in [3.05, 3.63) is 35.2 Å². The molecule has 0 aliphatic rings. The van der Waals surface area contributed by atoms with Crippen LogP contribution in [0.2, 0.25) is 0 Å². The van der Waals surface area contributed by atoms with E-state index in [1.807, 2.05) is 35.7 Å². The predicted octanol–water partition coefficient (Wildman–Crippen LogP) is 1.61. The minimum atomic E-state index is -0.237. The summed E-state index contributed by atoms with van der Waals surface area (Å²) in [4.78, 5) is 23.7. The Balaban J connectivity index is 1.33. The Morgan fingerprint density at radius 2 is 1.96 bits per heavy atom. The molecule has 0 spiro atoms. The van der Waals surface area contributed by atoms with Crippen LogP contribution in [0.4, 0.5) is 5.13 Å². The smallest absolute Gasteiger partial charge is 0.226 e. The molecule has 2 N–H and O–H groups in total. The Kier molecular flexibility index (Phi) is 6.42. The molecule has 9 nitrogen and oxygen atoms in total. The summed E-state index contributed by atoms with van der Waals surface area (Å²) in [6, 6.07) is 5.74. The topological polar surface area (TPSA) is 114 Å². The SMILES string of the molecule is CCc1nnc(NC(=O)CCC(=O)NCCCc2nnc3ccccn23)s1. The first-order chi connectivity index (χ1) is 13.2. The third kappa shape index (κ3) is 5.30. The van der Waals surface area contributed by atoms with Crippen molar-refractivity contribution in [3.8, 4) is 0 Å². The zero-order valence-corrected chi connectivity index (χ0v) is 15.8. The molecule has 0 bridgehead atoms. The molecule has 0 aliphatic heterocycles. The average molecular weight is 387 g/mol. The second kappa shape index (κ2) is 9.17. The second-order valence-electron chi connectivity index (χ2n) is 5.90. The number of hydrogen-bond acceptors (Lipinski definition) is 7. The van der Waals surface area contributed by atoms with Crippen LogP contribution in [0.1, 0.15) is 37.0 Å². The van der Waals surface area contributed by atoms with Crippen molar-refractivity contribution in [1.29, 1.82) is 0 Å². The number of aromatic nitrogens is 5. The van der Waals surface area contributed by atoms with Crippen molar-refractivity contribution in [3.63, 3.8) is 0 Å². The third-order valence-corrected chi connectivity index (χ3v) is 4.86. The number of amides is 2. The van der Waals surface area contributed by atoms with Gasteiger partial charge in [0.15, 0.2) is 5.65 Å². The van der Waals surface area contributed by atoms with Crippen molar-refractivity contribution < 1.29 is 9.59 Å². The number of fused-ring (bicyclic) bond motifs is 1. The van der Waals surface area contributed by atoms with Crippen LogP contribution in [0.3, 0.4) is 0 Å². The fourth-order valence-electron chi connectivity index (χ4n) is 2.48. The lowest BCUT2D eigenvalue weighted by molar-refractivity contribution is -0.124. The van der Waals surface area contributed by atoms with Crippen molar-refractivity contribution in [2.45, 2.75) is 39.0 Å². The van der Waals surface area contributed by atoms with Crippen LogP contribution in [-0.2, 0) is 22.4 Å². The van der Waals surface area contributed by atoms with Crippen LogP contribution in [0, 0.1) is 0 Å². The quantitative estimate of drug-likeness (QED) is 0.539. The fourth-order valence-corrected chi connectivity index (χ4v) is 3.18. The number of anilines is 1. The molecule has 3 aromatic heterocycles. The van der Waals surface area contributed by atoms with Crippen LogP contribution in [0.5, 0.6) is 0 Å². The van der Waals surface area contributed by atoms with Gasteiger partial charge in [0, 0.05) is 32.0 Å². The number of nitrogens with zero attached hydrogens (tertiary/aromatic N) is 5. The molecule has 2 amide bonds. The van der Waals surface area contributed by atoms with Gasteiger partial charge in [-0.25, -0.2) is 0 Å². The van der Waals surface area contributed by atoms with Gasteiger partial charge in [-0.15, -0.1) is 20.4 Å². The summed E-state index contributed by atoms with van der Waals surface area (Å²) in [5, 5.41) is 22.9. The molecule has 3 rings (SSSR count). The van der Waals surface area contributed by atoms with Gasteiger partial charge in [-0.1, -0.05) is 24.3 Å². The summed E-state index contributed by atoms with van der Waals surface area (Å²) in [6.45, 7) is 2.50. The van der Waals surface area contributed by atoms with E-state index in [2.05, 4.69) is 31.0 Å². The van der Waals surface area contributed by atoms with Gasteiger partial charge in [-0.3, -0.25) is 14.0 Å². The summed E-state index contributed by atoms with van der Waals surface area (Å²) in [6.07, 6.45) is 4.41. The zero-order valence-electron chi connectivity index (χ0n) is 15.0. The molecule has 142 valence electrons. The number of hydrogen-bond donors (Lipinski definition) is 2. The first-order valence-corrected chi connectivity index (χ1v) is 9.65. The number of carbonyl (C=O) groups excluding carboxylic acids is 2. The van der Waals surface area contributed by atoms with E-state index in [1.165, 1.54) is 11.3 Å². The minimum Gasteiger partial charge on any atom is -0.356 e. The van der Waals surface area contributed by atoms with E-state index in [-0.39, 0.29) is 24.7 Å². The maximum atomic E-state index is 11.9. The normalized spacial score (nSPS) is 10.9. The zero-order chi connectivity index (χ0) is 19.1. The molecule has 10 heteroatoms. The van der Waals surface area contributed by atoms with Crippen LogP contribution in [0.15, 0.2) is 24.4 Å². The molecular formula is C17H21N7O2S. The summed E-state index contributed by atoms with van der Waals surface area (Å²) in [7, 11) is 0. The first-order valence-electron chi connectivity index (χ1n) is 8.83. The Bertz CT molecular complexity index is 921. The van der Waals surface area contributed by atoms with Gasteiger partial charge in [-0.05, 0) is 25.0 Å². The summed E-state index contributed by atoms with van der Waals surface area (Å²) < 4.78 is 1.93. The van der Waals surface area contributed by atoms with Gasteiger partial charge in [0.25, 0.3) is 0 Å². The van der Waals surface area contributed by atoms with Crippen LogP contribution < -0.4 is 10.6 Å². The van der Waals surface area contributed by atoms with Gasteiger partial charge >= 0.3 is 0 Å². The molecule has 0 saturated carbocycles. The standard InChI is InChI=1S/C17H21N7O2S/c1-2-16-22-23-17(27-16)19-15(26)9-8-14(25)18-10-5-7-13-21-20-12-6-3-4-11-24(12)13/h3-4,6,11H,2,5,7-10H2,1H3,(H,18,25)(H,19,23,26). The summed E-state index contributed by atoms with van der Waals surface area (Å²) >= 11 is 1.34. The number of pyridine rings is 1. The Morgan fingerprint density at radius 3 is 2.78 bits per heavy atom. The number of carbonyl (C=O) groups is 2. The van der Waals surface area contributed by atoms with Crippen molar-refractivity contribution in [1.82, 2.24) is 30.1 Å². The van der Waals surface area contributed by atoms with E-state index >= 15 is 0 Å². The molecule has 0 saturated heterocycles. The molecule has 0 radical (unpaired) electrons. The predicted molar refractivity (Wildman–Crippen MR) is 101 cm³/mol. The Morgan fingerprint density at radius 1 is 1.11 bits per heavy atom. The maximum absolute atomic E-state index is 11.9. The highest BCUT2D eigenvalue weighted by molar-refractivity contribution is 7.15. The number of nitrogens with one attached hydrogen (secondary N) is 2. The monoisotopic (exact) mass is 387 g/mol. The van der Waals surface area contributed by atoms with Crippen molar-refractivity contribution in [2.24, 2.45) is 0 Å². The molecule has 3 heterocycles. The maximum Gasteiger partial charge on any atom is 0.226 e. The number of rotatable bonds is 9. The highest BCUT2D eigenvalue weighted by Gasteiger charge is 2.10. The largest absolute Gasteiger partial charge is 0.356 e. The molecular weight excluding hydrogens is 366 g/mol. The van der Waals surface area contributed by atoms with Gasteiger partial charge in [0.05, 0.1) is 0 Å².